The van der Waals surface area contributed by atoms with Crippen molar-refractivity contribution in [2.75, 3.05) is 7.05 Å². The highest BCUT2D eigenvalue weighted by Gasteiger charge is 2.28. The van der Waals surface area contributed by atoms with Crippen molar-refractivity contribution in [1.82, 2.24) is 4.90 Å². The van der Waals surface area contributed by atoms with Gasteiger partial charge < -0.3 is 0 Å². The normalized spacial score (nSPS) is 16.6. The van der Waals surface area contributed by atoms with Crippen LogP contribution in [0, 0.1) is 0 Å². The average molecular weight is 402 g/mol. The first kappa shape index (κ1) is 19.3. The predicted octanol–water partition coefficient (Wildman–Crippen LogP) is 6.49. The Bertz CT molecular complexity index is 866. The topological polar surface area (TPSA) is 20.3 Å². The summed E-state index contributed by atoms with van der Waals surface area (Å²) in [6.45, 7) is 8.93. The van der Waals surface area contributed by atoms with E-state index in [4.69, 9.17) is 12.2 Å². The summed E-state index contributed by atoms with van der Waals surface area (Å²) in [5, 5.41) is 0. The SMILES string of the molecule is CC(C)c1cc(-c2ccc(/C=C3/SC(=S)N(C)C3=O)s2)cc(C(C)C)c1. The Balaban J connectivity index is 1.95. The molecule has 1 saturated heterocycles. The van der Waals surface area contributed by atoms with Gasteiger partial charge in [-0.3, -0.25) is 9.69 Å². The van der Waals surface area contributed by atoms with Gasteiger partial charge in [0.15, 0.2) is 0 Å². The van der Waals surface area contributed by atoms with E-state index in [2.05, 4.69) is 58.0 Å². The van der Waals surface area contributed by atoms with E-state index in [1.54, 1.807) is 18.4 Å². The Morgan fingerprint density at radius 1 is 1.04 bits per heavy atom. The molecule has 0 spiro atoms. The minimum atomic E-state index is -0.0150. The highest BCUT2D eigenvalue weighted by molar-refractivity contribution is 8.26. The molecule has 0 bridgehead atoms. The highest BCUT2D eigenvalue weighted by Crippen LogP contribution is 2.36. The molecule has 1 aromatic heterocycles. The van der Waals surface area contributed by atoms with Crippen LogP contribution in [-0.2, 0) is 4.79 Å². The maximum Gasteiger partial charge on any atom is 0.265 e. The zero-order valence-corrected chi connectivity index (χ0v) is 18.1. The third kappa shape index (κ3) is 3.95. The van der Waals surface area contributed by atoms with E-state index in [-0.39, 0.29) is 5.91 Å². The minimum absolute atomic E-state index is 0.0150. The molecule has 1 fully saturated rings. The molecule has 0 aliphatic carbocycles. The van der Waals surface area contributed by atoms with Crippen molar-refractivity contribution < 1.29 is 4.79 Å². The lowest BCUT2D eigenvalue weighted by Crippen LogP contribution is -2.22. The lowest BCUT2D eigenvalue weighted by molar-refractivity contribution is -0.121. The van der Waals surface area contributed by atoms with E-state index in [1.165, 1.54) is 38.2 Å². The smallest absolute Gasteiger partial charge is 0.265 e. The molecule has 2 aromatic rings. The van der Waals surface area contributed by atoms with Gasteiger partial charge >= 0.3 is 0 Å². The number of hydrogen-bond donors (Lipinski definition) is 0. The van der Waals surface area contributed by atoms with Crippen molar-refractivity contribution in [1.29, 1.82) is 0 Å². The summed E-state index contributed by atoms with van der Waals surface area (Å²) in [6.07, 6.45) is 1.95. The van der Waals surface area contributed by atoms with E-state index < -0.39 is 0 Å². The Morgan fingerprint density at radius 2 is 1.65 bits per heavy atom. The first-order valence-corrected chi connectivity index (χ1v) is 10.8. The lowest BCUT2D eigenvalue weighted by Gasteiger charge is -2.13. The van der Waals surface area contributed by atoms with Gasteiger partial charge in [-0.15, -0.1) is 11.3 Å². The monoisotopic (exact) mass is 401 g/mol. The number of amides is 1. The maximum absolute atomic E-state index is 12.2. The fourth-order valence-corrected chi connectivity index (χ4v) is 4.93. The van der Waals surface area contributed by atoms with E-state index in [0.29, 0.717) is 21.1 Å². The molecule has 1 aromatic carbocycles. The standard InChI is InChI=1S/C21H23NOS3/c1-12(2)14-8-15(13(3)4)10-16(9-14)18-7-6-17(25-18)11-19-20(23)22(5)21(24)26-19/h6-13H,1-5H3/b19-11+. The van der Waals surface area contributed by atoms with Gasteiger partial charge in [-0.1, -0.05) is 69.9 Å². The maximum atomic E-state index is 12.2. The lowest BCUT2D eigenvalue weighted by atomic mass is 9.93. The summed E-state index contributed by atoms with van der Waals surface area (Å²) in [4.78, 5) is 16.7. The molecule has 1 aliphatic rings. The molecule has 2 nitrogen and oxygen atoms in total. The number of carbonyl (C=O) groups excluding carboxylic acids is 1. The molecular formula is C21H23NOS3. The third-order valence-corrected chi connectivity index (χ3v) is 7.05. The molecule has 5 heteroatoms. The highest BCUT2D eigenvalue weighted by atomic mass is 32.2. The van der Waals surface area contributed by atoms with Crippen molar-refractivity contribution in [2.24, 2.45) is 0 Å². The van der Waals surface area contributed by atoms with E-state index >= 15 is 0 Å². The second-order valence-corrected chi connectivity index (χ2v) is 9.93. The summed E-state index contributed by atoms with van der Waals surface area (Å²) < 4.78 is 0.615. The van der Waals surface area contributed by atoms with Gasteiger partial charge in [0.1, 0.15) is 4.32 Å². The molecule has 0 unspecified atom stereocenters. The van der Waals surface area contributed by atoms with Crippen LogP contribution in [0.4, 0.5) is 0 Å². The van der Waals surface area contributed by atoms with Gasteiger partial charge in [-0.05, 0) is 46.7 Å². The van der Waals surface area contributed by atoms with Crippen molar-refractivity contribution >= 4 is 51.6 Å². The van der Waals surface area contributed by atoms with Crippen LogP contribution in [-0.4, -0.2) is 22.2 Å². The van der Waals surface area contributed by atoms with Crippen LogP contribution in [0.1, 0.15) is 55.5 Å². The minimum Gasteiger partial charge on any atom is -0.296 e. The van der Waals surface area contributed by atoms with Crippen molar-refractivity contribution in [3.05, 3.63) is 51.2 Å². The molecule has 0 atom stereocenters. The fraction of sp³-hybridized carbons (Fsp3) is 0.333. The summed E-state index contributed by atoms with van der Waals surface area (Å²) in [5.41, 5.74) is 3.99. The largest absolute Gasteiger partial charge is 0.296 e. The molecule has 0 radical (unpaired) electrons. The second-order valence-electron chi connectivity index (χ2n) is 7.14. The zero-order valence-electron chi connectivity index (χ0n) is 15.7. The number of nitrogens with zero attached hydrogens (tertiary/aromatic N) is 1. The number of rotatable bonds is 4. The Labute approximate surface area is 169 Å². The van der Waals surface area contributed by atoms with Crippen LogP contribution in [0.5, 0.6) is 0 Å². The fourth-order valence-electron chi connectivity index (χ4n) is 2.75. The number of thioether (sulfide) groups is 1. The number of thiocarbonyl (C=S) groups is 1. The predicted molar refractivity (Wildman–Crippen MR) is 119 cm³/mol. The molecule has 3 rings (SSSR count). The van der Waals surface area contributed by atoms with Crippen LogP contribution in [0.2, 0.25) is 0 Å². The average Bonchev–Trinajstić information content (AvgIpc) is 3.16. The van der Waals surface area contributed by atoms with Crippen molar-refractivity contribution in [2.45, 2.75) is 39.5 Å². The Morgan fingerprint density at radius 3 is 2.15 bits per heavy atom. The Kier molecular flexibility index (Phi) is 5.70. The van der Waals surface area contributed by atoms with Crippen LogP contribution in [0.15, 0.2) is 35.2 Å². The van der Waals surface area contributed by atoms with E-state index in [9.17, 15) is 4.79 Å². The first-order valence-electron chi connectivity index (χ1n) is 8.73. The number of hydrogen-bond acceptors (Lipinski definition) is 4. The number of carbonyl (C=O) groups is 1. The van der Waals surface area contributed by atoms with Gasteiger partial charge in [-0.25, -0.2) is 0 Å². The van der Waals surface area contributed by atoms with Crippen LogP contribution in [0.3, 0.4) is 0 Å². The summed E-state index contributed by atoms with van der Waals surface area (Å²) >= 11 is 8.29. The molecule has 1 aliphatic heterocycles. The number of benzene rings is 1. The quantitative estimate of drug-likeness (QED) is 0.431. The Hall–Kier alpha value is -1.43. The summed E-state index contributed by atoms with van der Waals surface area (Å²) in [7, 11) is 1.73. The van der Waals surface area contributed by atoms with Crippen molar-refractivity contribution in [3.8, 4) is 10.4 Å². The van der Waals surface area contributed by atoms with E-state index in [1.807, 2.05) is 6.08 Å². The molecule has 2 heterocycles. The molecule has 1 amide bonds. The van der Waals surface area contributed by atoms with Crippen LogP contribution >= 0.6 is 35.3 Å². The van der Waals surface area contributed by atoms with Gasteiger partial charge in [0.05, 0.1) is 4.91 Å². The zero-order chi connectivity index (χ0) is 19.0. The number of thiophene rings is 1. The second kappa shape index (κ2) is 7.67. The molecule has 0 N–H and O–H groups in total. The third-order valence-electron chi connectivity index (χ3n) is 4.48. The van der Waals surface area contributed by atoms with E-state index in [0.717, 1.165) is 4.88 Å². The number of likely N-dealkylation sites (N-methyl/N-ethyl adjacent to an activating group) is 1. The van der Waals surface area contributed by atoms with Crippen LogP contribution < -0.4 is 0 Å². The molecule has 26 heavy (non-hydrogen) atoms. The van der Waals surface area contributed by atoms with Gasteiger partial charge in [0.2, 0.25) is 0 Å². The molecule has 0 saturated carbocycles. The van der Waals surface area contributed by atoms with Gasteiger partial charge in [0, 0.05) is 16.8 Å². The first-order chi connectivity index (χ1) is 12.3. The van der Waals surface area contributed by atoms with Gasteiger partial charge in [-0.2, -0.15) is 0 Å². The van der Waals surface area contributed by atoms with Gasteiger partial charge in [0.25, 0.3) is 5.91 Å². The van der Waals surface area contributed by atoms with Crippen LogP contribution in [0.25, 0.3) is 16.5 Å². The summed E-state index contributed by atoms with van der Waals surface area (Å²) in [6, 6.07) is 11.1. The summed E-state index contributed by atoms with van der Waals surface area (Å²) in [5.74, 6) is 0.981. The van der Waals surface area contributed by atoms with Crippen molar-refractivity contribution in [3.63, 3.8) is 0 Å². The molecular weight excluding hydrogens is 378 g/mol. The molecule has 136 valence electrons.